The number of aryl methyl sites for hydroxylation is 1. The molecular weight excluding hydrogens is 290 g/mol. The third-order valence-corrected chi connectivity index (χ3v) is 3.27. The normalized spacial score (nSPS) is 11.3. The first-order valence-electron chi connectivity index (χ1n) is 7.51. The SMILES string of the molecule is COc1ccc(COCCN=C(N)Nc2ccc(C)cc2)cc1. The zero-order chi connectivity index (χ0) is 16.5. The molecule has 0 saturated heterocycles. The van der Waals surface area contributed by atoms with Crippen LogP contribution in [0.1, 0.15) is 11.1 Å². The van der Waals surface area contributed by atoms with Gasteiger partial charge in [0.25, 0.3) is 0 Å². The number of ether oxygens (including phenoxy) is 2. The molecule has 0 aromatic heterocycles. The maximum Gasteiger partial charge on any atom is 0.193 e. The Kier molecular flexibility index (Phi) is 6.44. The van der Waals surface area contributed by atoms with E-state index < -0.39 is 0 Å². The van der Waals surface area contributed by atoms with Gasteiger partial charge in [0.05, 0.1) is 26.9 Å². The van der Waals surface area contributed by atoms with Crippen LogP contribution in [0.15, 0.2) is 53.5 Å². The summed E-state index contributed by atoms with van der Waals surface area (Å²) < 4.78 is 10.7. The van der Waals surface area contributed by atoms with Crippen molar-refractivity contribution in [1.82, 2.24) is 0 Å². The molecule has 2 rings (SSSR count). The standard InChI is InChI=1S/C18H23N3O2/c1-14-3-7-16(8-4-14)21-18(19)20-11-12-23-13-15-5-9-17(22-2)10-6-15/h3-10H,11-13H2,1-2H3,(H3,19,20,21). The van der Waals surface area contributed by atoms with E-state index in [1.807, 2.05) is 55.5 Å². The summed E-state index contributed by atoms with van der Waals surface area (Å²) in [5.74, 6) is 1.23. The smallest absolute Gasteiger partial charge is 0.193 e. The lowest BCUT2D eigenvalue weighted by atomic mass is 10.2. The van der Waals surface area contributed by atoms with E-state index in [-0.39, 0.29) is 0 Å². The van der Waals surface area contributed by atoms with E-state index in [4.69, 9.17) is 15.2 Å². The Morgan fingerprint density at radius 3 is 2.43 bits per heavy atom. The first-order valence-corrected chi connectivity index (χ1v) is 7.51. The largest absolute Gasteiger partial charge is 0.497 e. The maximum absolute atomic E-state index is 5.84. The highest BCUT2D eigenvalue weighted by Crippen LogP contribution is 2.11. The highest BCUT2D eigenvalue weighted by atomic mass is 16.5. The molecule has 0 aliphatic rings. The Balaban J connectivity index is 1.68. The van der Waals surface area contributed by atoms with Crippen LogP contribution in [0.2, 0.25) is 0 Å². The summed E-state index contributed by atoms with van der Waals surface area (Å²) in [4.78, 5) is 4.24. The van der Waals surface area contributed by atoms with Gasteiger partial charge in [-0.15, -0.1) is 0 Å². The number of rotatable bonds is 7. The average Bonchev–Trinajstić information content (AvgIpc) is 2.57. The third-order valence-electron chi connectivity index (χ3n) is 3.27. The van der Waals surface area contributed by atoms with Gasteiger partial charge in [0.1, 0.15) is 5.75 Å². The van der Waals surface area contributed by atoms with Gasteiger partial charge in [0.15, 0.2) is 5.96 Å². The van der Waals surface area contributed by atoms with Crippen LogP contribution in [0.4, 0.5) is 5.69 Å². The van der Waals surface area contributed by atoms with Crippen LogP contribution in [0, 0.1) is 6.92 Å². The van der Waals surface area contributed by atoms with E-state index >= 15 is 0 Å². The first-order chi connectivity index (χ1) is 11.2. The van der Waals surface area contributed by atoms with Crippen LogP contribution >= 0.6 is 0 Å². The third kappa shape index (κ3) is 6.00. The molecule has 0 amide bonds. The lowest BCUT2D eigenvalue weighted by Crippen LogP contribution is -2.23. The van der Waals surface area contributed by atoms with E-state index in [9.17, 15) is 0 Å². The molecule has 0 unspecified atom stereocenters. The molecule has 0 bridgehead atoms. The van der Waals surface area contributed by atoms with E-state index in [1.165, 1.54) is 5.56 Å². The van der Waals surface area contributed by atoms with Crippen molar-refractivity contribution < 1.29 is 9.47 Å². The average molecular weight is 313 g/mol. The van der Waals surface area contributed by atoms with Crippen LogP contribution in [-0.2, 0) is 11.3 Å². The number of guanidine groups is 1. The van der Waals surface area contributed by atoms with Crippen LogP contribution < -0.4 is 15.8 Å². The Hall–Kier alpha value is -2.53. The molecule has 3 N–H and O–H groups in total. The maximum atomic E-state index is 5.84. The molecule has 2 aromatic rings. The van der Waals surface area contributed by atoms with Gasteiger partial charge in [-0.25, -0.2) is 0 Å². The summed E-state index contributed by atoms with van der Waals surface area (Å²) in [6.07, 6.45) is 0. The Bertz CT molecular complexity index is 622. The number of methoxy groups -OCH3 is 1. The molecule has 0 fully saturated rings. The van der Waals surface area contributed by atoms with Crippen molar-refractivity contribution in [2.75, 3.05) is 25.6 Å². The molecule has 0 atom stereocenters. The fourth-order valence-electron chi connectivity index (χ4n) is 1.97. The van der Waals surface area contributed by atoms with Crippen LogP contribution in [0.3, 0.4) is 0 Å². The molecule has 0 radical (unpaired) electrons. The number of nitrogens with two attached hydrogens (primary N) is 1. The monoisotopic (exact) mass is 313 g/mol. The Labute approximate surface area is 137 Å². The van der Waals surface area contributed by atoms with Crippen molar-refractivity contribution in [2.45, 2.75) is 13.5 Å². The molecule has 0 heterocycles. The van der Waals surface area contributed by atoms with Crippen molar-refractivity contribution >= 4 is 11.6 Å². The minimum atomic E-state index is 0.391. The van der Waals surface area contributed by atoms with Gasteiger partial charge in [-0.05, 0) is 36.8 Å². The van der Waals surface area contributed by atoms with Gasteiger partial charge >= 0.3 is 0 Å². The number of anilines is 1. The van der Waals surface area contributed by atoms with Gasteiger partial charge in [-0.3, -0.25) is 4.99 Å². The lowest BCUT2D eigenvalue weighted by Gasteiger charge is -2.07. The number of nitrogens with one attached hydrogen (secondary N) is 1. The van der Waals surface area contributed by atoms with Gasteiger partial charge in [0, 0.05) is 5.69 Å². The molecule has 0 spiro atoms. The highest BCUT2D eigenvalue weighted by Gasteiger charge is 1.96. The summed E-state index contributed by atoms with van der Waals surface area (Å²) in [6.45, 7) is 3.62. The number of hydrogen-bond acceptors (Lipinski definition) is 3. The van der Waals surface area contributed by atoms with E-state index in [0.29, 0.717) is 25.7 Å². The summed E-state index contributed by atoms with van der Waals surface area (Å²) in [5.41, 5.74) is 9.07. The second kappa shape index (κ2) is 8.80. The fraction of sp³-hybridized carbons (Fsp3) is 0.278. The molecular formula is C18H23N3O2. The molecule has 5 heteroatoms. The van der Waals surface area contributed by atoms with Crippen molar-refractivity contribution in [3.05, 3.63) is 59.7 Å². The van der Waals surface area contributed by atoms with Crippen LogP contribution in [-0.4, -0.2) is 26.2 Å². The molecule has 2 aromatic carbocycles. The Morgan fingerprint density at radius 2 is 1.78 bits per heavy atom. The second-order valence-corrected chi connectivity index (χ2v) is 5.16. The predicted octanol–water partition coefficient (Wildman–Crippen LogP) is 2.95. The van der Waals surface area contributed by atoms with Crippen molar-refractivity contribution in [3.63, 3.8) is 0 Å². The molecule has 5 nitrogen and oxygen atoms in total. The summed E-state index contributed by atoms with van der Waals surface area (Å²) in [7, 11) is 1.65. The molecule has 0 saturated carbocycles. The van der Waals surface area contributed by atoms with E-state index in [2.05, 4.69) is 10.3 Å². The second-order valence-electron chi connectivity index (χ2n) is 5.16. The van der Waals surface area contributed by atoms with Crippen molar-refractivity contribution in [3.8, 4) is 5.75 Å². The topological polar surface area (TPSA) is 68.9 Å². The van der Waals surface area contributed by atoms with Crippen LogP contribution in [0.25, 0.3) is 0 Å². The minimum absolute atomic E-state index is 0.391. The van der Waals surface area contributed by atoms with Gasteiger partial charge in [-0.2, -0.15) is 0 Å². The van der Waals surface area contributed by atoms with Crippen molar-refractivity contribution in [1.29, 1.82) is 0 Å². The number of nitrogens with zero attached hydrogens (tertiary/aromatic N) is 1. The quantitative estimate of drug-likeness (QED) is 0.468. The molecule has 0 aliphatic heterocycles. The van der Waals surface area contributed by atoms with E-state index in [1.54, 1.807) is 7.11 Å². The number of hydrogen-bond donors (Lipinski definition) is 2. The van der Waals surface area contributed by atoms with Gasteiger partial charge in [0.2, 0.25) is 0 Å². The zero-order valence-electron chi connectivity index (χ0n) is 13.6. The van der Waals surface area contributed by atoms with Gasteiger partial charge < -0.3 is 20.5 Å². The first kappa shape index (κ1) is 16.8. The fourth-order valence-corrected chi connectivity index (χ4v) is 1.97. The van der Waals surface area contributed by atoms with Crippen LogP contribution in [0.5, 0.6) is 5.75 Å². The highest BCUT2D eigenvalue weighted by molar-refractivity contribution is 5.92. The molecule has 122 valence electrons. The minimum Gasteiger partial charge on any atom is -0.497 e. The zero-order valence-corrected chi connectivity index (χ0v) is 13.6. The Morgan fingerprint density at radius 1 is 1.09 bits per heavy atom. The van der Waals surface area contributed by atoms with Gasteiger partial charge in [-0.1, -0.05) is 29.8 Å². The summed E-state index contributed by atoms with van der Waals surface area (Å²) in [6, 6.07) is 15.8. The van der Waals surface area contributed by atoms with Crippen molar-refractivity contribution in [2.24, 2.45) is 10.7 Å². The molecule has 23 heavy (non-hydrogen) atoms. The summed E-state index contributed by atoms with van der Waals surface area (Å²) in [5, 5.41) is 3.05. The summed E-state index contributed by atoms with van der Waals surface area (Å²) >= 11 is 0. The lowest BCUT2D eigenvalue weighted by molar-refractivity contribution is 0.128. The number of benzene rings is 2. The number of aliphatic imine (C=N–C) groups is 1. The predicted molar refractivity (Wildman–Crippen MR) is 93.9 cm³/mol. The van der Waals surface area contributed by atoms with E-state index in [0.717, 1.165) is 17.0 Å². The molecule has 0 aliphatic carbocycles.